The van der Waals surface area contributed by atoms with Crippen LogP contribution in [0.25, 0.3) is 33.2 Å². The molecular weight excluding hydrogens is 348 g/mol. The Bertz CT molecular complexity index is 1150. The van der Waals surface area contributed by atoms with Crippen LogP contribution in [0.15, 0.2) is 30.6 Å². The molecule has 1 saturated heterocycles. The molecule has 144 valence electrons. The molecule has 5 rings (SSSR count). The molecule has 1 aliphatic rings. The molecule has 3 aromatic heterocycles. The molecule has 0 spiro atoms. The molecular formula is C22H26N6. The first-order valence-electron chi connectivity index (χ1n) is 10.0. The van der Waals surface area contributed by atoms with E-state index in [9.17, 15) is 0 Å². The molecule has 6 nitrogen and oxygen atoms in total. The number of aromatic amines is 2. The number of aryl methyl sites for hydroxylation is 1. The van der Waals surface area contributed by atoms with E-state index < -0.39 is 0 Å². The van der Waals surface area contributed by atoms with Crippen LogP contribution >= 0.6 is 0 Å². The van der Waals surface area contributed by atoms with Crippen LogP contribution < -0.4 is 10.2 Å². The van der Waals surface area contributed by atoms with Gasteiger partial charge in [0.05, 0.1) is 11.9 Å². The average Bonchev–Trinajstić information content (AvgIpc) is 3.31. The number of nitrogens with zero attached hydrogens (tertiary/aromatic N) is 3. The van der Waals surface area contributed by atoms with E-state index in [1.165, 1.54) is 33.4 Å². The lowest BCUT2D eigenvalue weighted by Crippen LogP contribution is -2.43. The molecule has 0 atom stereocenters. The molecule has 1 fully saturated rings. The lowest BCUT2D eigenvalue weighted by Gasteiger charge is -2.31. The summed E-state index contributed by atoms with van der Waals surface area (Å²) in [5.74, 6) is 0.400. The van der Waals surface area contributed by atoms with E-state index in [0.29, 0.717) is 5.92 Å². The van der Waals surface area contributed by atoms with Crippen molar-refractivity contribution in [2.24, 2.45) is 0 Å². The Morgan fingerprint density at radius 2 is 1.93 bits per heavy atom. The van der Waals surface area contributed by atoms with Gasteiger partial charge in [0.2, 0.25) is 0 Å². The predicted molar refractivity (Wildman–Crippen MR) is 115 cm³/mol. The van der Waals surface area contributed by atoms with Gasteiger partial charge in [0.1, 0.15) is 0 Å². The van der Waals surface area contributed by atoms with Gasteiger partial charge in [-0.25, -0.2) is 4.98 Å². The van der Waals surface area contributed by atoms with E-state index in [4.69, 9.17) is 0 Å². The van der Waals surface area contributed by atoms with Crippen molar-refractivity contribution in [1.29, 1.82) is 0 Å². The Hall–Kier alpha value is -2.86. The van der Waals surface area contributed by atoms with Crippen LogP contribution in [0, 0.1) is 6.92 Å². The van der Waals surface area contributed by atoms with Crippen LogP contribution in [0.4, 0.5) is 5.69 Å². The van der Waals surface area contributed by atoms with Crippen molar-refractivity contribution in [2.45, 2.75) is 26.7 Å². The molecule has 4 aromatic rings. The molecule has 1 aromatic carbocycles. The van der Waals surface area contributed by atoms with Gasteiger partial charge in [-0.1, -0.05) is 13.8 Å². The van der Waals surface area contributed by atoms with Gasteiger partial charge in [0, 0.05) is 59.9 Å². The van der Waals surface area contributed by atoms with Gasteiger partial charge in [-0.3, -0.25) is 5.10 Å². The number of pyridine rings is 1. The third-order valence-electron chi connectivity index (χ3n) is 5.81. The average molecular weight is 374 g/mol. The largest absolute Gasteiger partial charge is 0.369 e. The normalized spacial score (nSPS) is 15.2. The zero-order valence-electron chi connectivity index (χ0n) is 16.6. The Morgan fingerprint density at radius 3 is 2.71 bits per heavy atom. The van der Waals surface area contributed by atoms with Crippen LogP contribution in [0.3, 0.4) is 0 Å². The second-order valence-corrected chi connectivity index (χ2v) is 7.98. The molecule has 28 heavy (non-hydrogen) atoms. The number of nitrogens with one attached hydrogen (secondary N) is 3. The highest BCUT2D eigenvalue weighted by atomic mass is 15.2. The Kier molecular flexibility index (Phi) is 4.09. The fraction of sp³-hybridized carbons (Fsp3) is 0.364. The summed E-state index contributed by atoms with van der Waals surface area (Å²) >= 11 is 0. The number of hydrogen-bond donors (Lipinski definition) is 3. The Labute approximate surface area is 164 Å². The van der Waals surface area contributed by atoms with Gasteiger partial charge >= 0.3 is 0 Å². The van der Waals surface area contributed by atoms with E-state index in [-0.39, 0.29) is 0 Å². The van der Waals surface area contributed by atoms with Crippen molar-refractivity contribution < 1.29 is 0 Å². The summed E-state index contributed by atoms with van der Waals surface area (Å²) in [5, 5.41) is 13.0. The molecule has 0 saturated carbocycles. The SMILES string of the molecule is Cc1cc2[nH]c(-c3ccnc4[nH]ncc34)c(C(C)C)c2cc1N1CCNCC1. The molecule has 0 unspecified atom stereocenters. The number of aromatic nitrogens is 4. The quantitative estimate of drug-likeness (QED) is 0.508. The maximum atomic E-state index is 4.40. The lowest BCUT2D eigenvalue weighted by atomic mass is 9.94. The molecule has 0 aliphatic carbocycles. The van der Waals surface area contributed by atoms with Crippen molar-refractivity contribution in [3.63, 3.8) is 0 Å². The van der Waals surface area contributed by atoms with E-state index in [1.54, 1.807) is 0 Å². The van der Waals surface area contributed by atoms with Crippen molar-refractivity contribution in [1.82, 2.24) is 25.5 Å². The summed E-state index contributed by atoms with van der Waals surface area (Å²) in [6.07, 6.45) is 3.72. The highest BCUT2D eigenvalue weighted by Crippen LogP contribution is 2.40. The van der Waals surface area contributed by atoms with Gasteiger partial charge in [0.25, 0.3) is 0 Å². The number of rotatable bonds is 3. The molecule has 6 heteroatoms. The maximum Gasteiger partial charge on any atom is 0.155 e. The monoisotopic (exact) mass is 374 g/mol. The third kappa shape index (κ3) is 2.67. The minimum absolute atomic E-state index is 0.400. The Morgan fingerprint density at radius 1 is 1.11 bits per heavy atom. The highest BCUT2D eigenvalue weighted by molar-refractivity contribution is 5.99. The summed E-state index contributed by atoms with van der Waals surface area (Å²) in [7, 11) is 0. The van der Waals surface area contributed by atoms with Gasteiger partial charge < -0.3 is 15.2 Å². The zero-order chi connectivity index (χ0) is 19.3. The van der Waals surface area contributed by atoms with Gasteiger partial charge in [0.15, 0.2) is 5.65 Å². The zero-order valence-corrected chi connectivity index (χ0v) is 16.6. The number of benzene rings is 1. The molecule has 0 bridgehead atoms. The van der Waals surface area contributed by atoms with E-state index in [0.717, 1.165) is 42.8 Å². The minimum atomic E-state index is 0.400. The van der Waals surface area contributed by atoms with Crippen molar-refractivity contribution >= 4 is 27.6 Å². The standard InChI is InChI=1S/C22H26N6/c1-13(2)20-16-11-19(28-8-6-23-7-9-28)14(3)10-18(16)26-21(20)15-4-5-24-22-17(15)12-25-27-22/h4-5,10-13,23,26H,6-9H2,1-3H3,(H,24,25,27). The number of H-pyrrole nitrogens is 2. The highest BCUT2D eigenvalue weighted by Gasteiger charge is 2.21. The molecule has 1 aliphatic heterocycles. The minimum Gasteiger partial charge on any atom is -0.369 e. The second kappa shape index (κ2) is 6.63. The predicted octanol–water partition coefficient (Wildman–Crippen LogP) is 3.95. The van der Waals surface area contributed by atoms with E-state index in [1.807, 2.05) is 12.4 Å². The van der Waals surface area contributed by atoms with Crippen LogP contribution in [-0.2, 0) is 0 Å². The van der Waals surface area contributed by atoms with Crippen LogP contribution in [-0.4, -0.2) is 46.3 Å². The van der Waals surface area contributed by atoms with Crippen molar-refractivity contribution in [3.05, 3.63) is 41.7 Å². The smallest absolute Gasteiger partial charge is 0.155 e. The summed E-state index contributed by atoms with van der Waals surface area (Å²) in [6.45, 7) is 11.0. The lowest BCUT2D eigenvalue weighted by molar-refractivity contribution is 0.588. The van der Waals surface area contributed by atoms with Crippen LogP contribution in [0.1, 0.15) is 30.9 Å². The van der Waals surface area contributed by atoms with Gasteiger partial charge in [-0.15, -0.1) is 0 Å². The van der Waals surface area contributed by atoms with Crippen LogP contribution in [0.5, 0.6) is 0 Å². The fourth-order valence-corrected chi connectivity index (χ4v) is 4.49. The molecule has 3 N–H and O–H groups in total. The summed E-state index contributed by atoms with van der Waals surface area (Å²) in [5.41, 5.74) is 8.38. The number of fused-ring (bicyclic) bond motifs is 2. The molecule has 0 amide bonds. The number of anilines is 1. The maximum absolute atomic E-state index is 4.40. The van der Waals surface area contributed by atoms with Gasteiger partial charge in [-0.2, -0.15) is 5.10 Å². The van der Waals surface area contributed by atoms with Crippen molar-refractivity contribution in [3.8, 4) is 11.3 Å². The summed E-state index contributed by atoms with van der Waals surface area (Å²) < 4.78 is 0. The van der Waals surface area contributed by atoms with Crippen LogP contribution in [0.2, 0.25) is 0 Å². The first-order valence-corrected chi connectivity index (χ1v) is 10.0. The summed E-state index contributed by atoms with van der Waals surface area (Å²) in [4.78, 5) is 10.6. The topological polar surface area (TPSA) is 72.6 Å². The van der Waals surface area contributed by atoms with Crippen molar-refractivity contribution in [2.75, 3.05) is 31.1 Å². The third-order valence-corrected chi connectivity index (χ3v) is 5.81. The first kappa shape index (κ1) is 17.3. The second-order valence-electron chi connectivity index (χ2n) is 7.98. The number of hydrogen-bond acceptors (Lipinski definition) is 4. The first-order chi connectivity index (χ1) is 13.6. The van der Waals surface area contributed by atoms with Gasteiger partial charge in [-0.05, 0) is 42.2 Å². The molecule has 0 radical (unpaired) electrons. The summed E-state index contributed by atoms with van der Waals surface area (Å²) in [6, 6.07) is 6.77. The fourth-order valence-electron chi connectivity index (χ4n) is 4.49. The van der Waals surface area contributed by atoms with E-state index in [2.05, 4.69) is 69.4 Å². The molecule has 4 heterocycles. The Balaban J connectivity index is 1.74. The van der Waals surface area contributed by atoms with E-state index >= 15 is 0 Å². The number of piperazine rings is 1.